The van der Waals surface area contributed by atoms with E-state index in [1.807, 2.05) is 32.2 Å². The summed E-state index contributed by atoms with van der Waals surface area (Å²) < 4.78 is 0. The predicted molar refractivity (Wildman–Crippen MR) is 115 cm³/mol. The lowest BCUT2D eigenvalue weighted by Gasteiger charge is -2.32. The lowest BCUT2D eigenvalue weighted by Crippen LogP contribution is -2.45. The van der Waals surface area contributed by atoms with Crippen molar-refractivity contribution >= 4 is 11.9 Å². The molecule has 0 atom stereocenters. The van der Waals surface area contributed by atoms with E-state index < -0.39 is 0 Å². The zero-order chi connectivity index (χ0) is 20.4. The Hall–Kier alpha value is -2.11. The number of carbonyl (C=O) groups excluding carboxylic acids is 1. The molecule has 1 aliphatic rings. The number of nitrogens with zero attached hydrogens (tertiary/aromatic N) is 3. The van der Waals surface area contributed by atoms with Gasteiger partial charge in [-0.05, 0) is 56.6 Å². The molecular formula is C22H37N5O. The SMILES string of the molecule is CCNC(=NCC(=O)N(C)CCc1ccccn1)NC1CCC(C(C)C)CC1. The number of pyridine rings is 1. The number of hydrogen-bond donors (Lipinski definition) is 2. The molecular weight excluding hydrogens is 350 g/mol. The van der Waals surface area contributed by atoms with Crippen LogP contribution in [-0.2, 0) is 11.2 Å². The molecule has 0 spiro atoms. The summed E-state index contributed by atoms with van der Waals surface area (Å²) in [7, 11) is 1.83. The van der Waals surface area contributed by atoms with Crippen LogP contribution in [0.3, 0.4) is 0 Å². The van der Waals surface area contributed by atoms with E-state index in [1.165, 1.54) is 25.7 Å². The first-order valence-electron chi connectivity index (χ1n) is 10.7. The summed E-state index contributed by atoms with van der Waals surface area (Å²) in [5.41, 5.74) is 0.998. The van der Waals surface area contributed by atoms with Gasteiger partial charge >= 0.3 is 0 Å². The fourth-order valence-electron chi connectivity index (χ4n) is 3.66. The smallest absolute Gasteiger partial charge is 0.244 e. The molecule has 0 radical (unpaired) electrons. The second kappa shape index (κ2) is 11.7. The van der Waals surface area contributed by atoms with Crippen LogP contribution in [0.25, 0.3) is 0 Å². The first kappa shape index (κ1) is 22.2. The molecule has 0 bridgehead atoms. The maximum Gasteiger partial charge on any atom is 0.244 e. The van der Waals surface area contributed by atoms with Gasteiger partial charge in [-0.1, -0.05) is 19.9 Å². The van der Waals surface area contributed by atoms with E-state index in [1.54, 1.807) is 11.1 Å². The summed E-state index contributed by atoms with van der Waals surface area (Å²) in [4.78, 5) is 23.0. The van der Waals surface area contributed by atoms with Gasteiger partial charge in [-0.25, -0.2) is 4.99 Å². The van der Waals surface area contributed by atoms with Gasteiger partial charge in [0.1, 0.15) is 6.54 Å². The molecule has 6 heteroatoms. The zero-order valence-corrected chi connectivity index (χ0v) is 17.9. The van der Waals surface area contributed by atoms with Gasteiger partial charge in [0.15, 0.2) is 5.96 Å². The lowest BCUT2D eigenvalue weighted by atomic mass is 9.80. The highest BCUT2D eigenvalue weighted by atomic mass is 16.2. The van der Waals surface area contributed by atoms with Gasteiger partial charge in [-0.3, -0.25) is 9.78 Å². The van der Waals surface area contributed by atoms with Gasteiger partial charge in [0, 0.05) is 44.5 Å². The normalized spacial score (nSPS) is 20.1. The van der Waals surface area contributed by atoms with Crippen molar-refractivity contribution in [3.8, 4) is 0 Å². The molecule has 0 unspecified atom stereocenters. The number of nitrogens with one attached hydrogen (secondary N) is 2. The molecule has 1 fully saturated rings. The van der Waals surface area contributed by atoms with E-state index in [2.05, 4.69) is 34.5 Å². The zero-order valence-electron chi connectivity index (χ0n) is 17.9. The molecule has 1 aromatic rings. The van der Waals surface area contributed by atoms with Crippen LogP contribution in [0.15, 0.2) is 29.4 Å². The molecule has 1 amide bonds. The number of carbonyl (C=O) groups is 1. The fourth-order valence-corrected chi connectivity index (χ4v) is 3.66. The van der Waals surface area contributed by atoms with Gasteiger partial charge in [0.2, 0.25) is 5.91 Å². The topological polar surface area (TPSA) is 69.6 Å². The maximum atomic E-state index is 12.4. The van der Waals surface area contributed by atoms with E-state index in [9.17, 15) is 4.79 Å². The van der Waals surface area contributed by atoms with Crippen LogP contribution in [-0.4, -0.2) is 54.5 Å². The average molecular weight is 388 g/mol. The van der Waals surface area contributed by atoms with Gasteiger partial charge in [0.05, 0.1) is 0 Å². The molecule has 1 heterocycles. The van der Waals surface area contributed by atoms with Gasteiger partial charge < -0.3 is 15.5 Å². The second-order valence-electron chi connectivity index (χ2n) is 8.08. The molecule has 1 aliphatic carbocycles. The van der Waals surface area contributed by atoms with Crippen molar-refractivity contribution in [1.29, 1.82) is 0 Å². The minimum Gasteiger partial charge on any atom is -0.357 e. The van der Waals surface area contributed by atoms with Crippen molar-refractivity contribution in [3.63, 3.8) is 0 Å². The molecule has 1 saturated carbocycles. The van der Waals surface area contributed by atoms with Crippen molar-refractivity contribution in [2.75, 3.05) is 26.7 Å². The molecule has 0 saturated heterocycles. The van der Waals surface area contributed by atoms with Crippen molar-refractivity contribution in [1.82, 2.24) is 20.5 Å². The van der Waals surface area contributed by atoms with Gasteiger partial charge in [0.25, 0.3) is 0 Å². The summed E-state index contributed by atoms with van der Waals surface area (Å²) in [6, 6.07) is 6.30. The first-order valence-corrected chi connectivity index (χ1v) is 10.7. The Kier molecular flexibility index (Phi) is 9.24. The highest BCUT2D eigenvalue weighted by Crippen LogP contribution is 2.29. The molecule has 156 valence electrons. The quantitative estimate of drug-likeness (QED) is 0.532. The van der Waals surface area contributed by atoms with Gasteiger partial charge in [-0.15, -0.1) is 0 Å². The van der Waals surface area contributed by atoms with Crippen LogP contribution in [0.1, 0.15) is 52.1 Å². The highest BCUT2D eigenvalue weighted by molar-refractivity contribution is 5.85. The molecule has 6 nitrogen and oxygen atoms in total. The van der Waals surface area contributed by atoms with E-state index in [4.69, 9.17) is 0 Å². The lowest BCUT2D eigenvalue weighted by molar-refractivity contribution is -0.128. The Morgan fingerprint density at radius 2 is 2.04 bits per heavy atom. The molecule has 0 aliphatic heterocycles. The summed E-state index contributed by atoms with van der Waals surface area (Å²) in [6.45, 7) is 8.29. The Labute approximate surface area is 170 Å². The third-order valence-corrected chi connectivity index (χ3v) is 5.63. The number of amides is 1. The van der Waals surface area contributed by atoms with E-state index in [0.717, 1.165) is 36.5 Å². The highest BCUT2D eigenvalue weighted by Gasteiger charge is 2.23. The van der Waals surface area contributed by atoms with Crippen molar-refractivity contribution < 1.29 is 4.79 Å². The van der Waals surface area contributed by atoms with Crippen LogP contribution >= 0.6 is 0 Å². The fraction of sp³-hybridized carbons (Fsp3) is 0.682. The van der Waals surface area contributed by atoms with Crippen molar-refractivity contribution in [3.05, 3.63) is 30.1 Å². The van der Waals surface area contributed by atoms with Crippen LogP contribution in [0, 0.1) is 11.8 Å². The van der Waals surface area contributed by atoms with Crippen LogP contribution in [0.2, 0.25) is 0 Å². The minimum atomic E-state index is 0.0247. The molecule has 1 aromatic heterocycles. The number of likely N-dealkylation sites (N-methyl/N-ethyl adjacent to an activating group) is 1. The summed E-state index contributed by atoms with van der Waals surface area (Å²) in [5.74, 6) is 2.38. The third-order valence-electron chi connectivity index (χ3n) is 5.63. The predicted octanol–water partition coefficient (Wildman–Crippen LogP) is 2.85. The Morgan fingerprint density at radius 3 is 2.64 bits per heavy atom. The standard InChI is InChI=1S/C22H37N5O/c1-5-23-22(26-20-11-9-18(10-12-20)17(2)3)25-16-21(28)27(4)15-13-19-8-6-7-14-24-19/h6-8,14,17-18,20H,5,9-13,15-16H2,1-4H3,(H2,23,25,26). The third kappa shape index (κ3) is 7.49. The Morgan fingerprint density at radius 1 is 1.29 bits per heavy atom. The molecule has 0 aromatic carbocycles. The average Bonchev–Trinajstić information content (AvgIpc) is 2.71. The number of aliphatic imine (C=N–C) groups is 1. The summed E-state index contributed by atoms with van der Waals surface area (Å²) in [5, 5.41) is 6.80. The van der Waals surface area contributed by atoms with Crippen LogP contribution < -0.4 is 10.6 Å². The van der Waals surface area contributed by atoms with Crippen molar-refractivity contribution in [2.24, 2.45) is 16.8 Å². The second-order valence-corrected chi connectivity index (χ2v) is 8.08. The number of hydrogen-bond acceptors (Lipinski definition) is 3. The molecule has 28 heavy (non-hydrogen) atoms. The summed E-state index contributed by atoms with van der Waals surface area (Å²) >= 11 is 0. The van der Waals surface area contributed by atoms with E-state index >= 15 is 0 Å². The number of rotatable bonds is 8. The Balaban J connectivity index is 1.79. The van der Waals surface area contributed by atoms with Crippen LogP contribution in [0.4, 0.5) is 0 Å². The number of guanidine groups is 1. The largest absolute Gasteiger partial charge is 0.357 e. The summed E-state index contributed by atoms with van der Waals surface area (Å²) in [6.07, 6.45) is 7.42. The monoisotopic (exact) mass is 387 g/mol. The van der Waals surface area contributed by atoms with E-state index in [-0.39, 0.29) is 12.5 Å². The van der Waals surface area contributed by atoms with Crippen LogP contribution in [0.5, 0.6) is 0 Å². The van der Waals surface area contributed by atoms with Crippen molar-refractivity contribution in [2.45, 2.75) is 58.9 Å². The van der Waals surface area contributed by atoms with Gasteiger partial charge in [-0.2, -0.15) is 0 Å². The number of aromatic nitrogens is 1. The molecule has 2 N–H and O–H groups in total. The molecule has 2 rings (SSSR count). The first-order chi connectivity index (χ1) is 13.5. The minimum absolute atomic E-state index is 0.0247. The Bertz CT molecular complexity index is 609. The van der Waals surface area contributed by atoms with E-state index in [0.29, 0.717) is 12.6 Å². The maximum absolute atomic E-state index is 12.4.